The van der Waals surface area contributed by atoms with Crippen LogP contribution in [0.4, 0.5) is 13.2 Å². The molecule has 0 saturated heterocycles. The number of nitrogens with zero attached hydrogens (tertiary/aromatic N) is 2. The molecule has 0 aliphatic rings. The standard InChI is InChI=1S/C14H9F3N4O2/c15-14(16,17)8-3-1-7(2-4-8)9-5-10(22)11(12(18)23)13-19-6-20-21(9)13/h1-6H,(H2,18,23)(H,19,20). The fourth-order valence-corrected chi connectivity index (χ4v) is 2.27. The Hall–Kier alpha value is -3.10. The van der Waals surface area contributed by atoms with E-state index in [1.54, 1.807) is 0 Å². The molecular weight excluding hydrogens is 313 g/mol. The van der Waals surface area contributed by atoms with Crippen LogP contribution in [0.25, 0.3) is 16.9 Å². The van der Waals surface area contributed by atoms with Gasteiger partial charge in [0.05, 0.1) is 11.3 Å². The number of amides is 1. The number of carbonyl (C=O) groups is 1. The van der Waals surface area contributed by atoms with Crippen molar-refractivity contribution in [1.29, 1.82) is 0 Å². The van der Waals surface area contributed by atoms with Gasteiger partial charge in [-0.1, -0.05) is 12.1 Å². The van der Waals surface area contributed by atoms with Gasteiger partial charge in [-0.25, -0.2) is 9.50 Å². The van der Waals surface area contributed by atoms with Crippen molar-refractivity contribution in [2.24, 2.45) is 5.73 Å². The number of fused-ring (bicyclic) bond motifs is 1. The highest BCUT2D eigenvalue weighted by atomic mass is 19.4. The molecule has 0 aliphatic heterocycles. The lowest BCUT2D eigenvalue weighted by atomic mass is 10.1. The Kier molecular flexibility index (Phi) is 3.20. The van der Waals surface area contributed by atoms with Crippen molar-refractivity contribution >= 4 is 11.6 Å². The lowest BCUT2D eigenvalue weighted by Gasteiger charge is -2.09. The van der Waals surface area contributed by atoms with Crippen LogP contribution in [-0.2, 0) is 6.18 Å². The number of primary amides is 1. The van der Waals surface area contributed by atoms with Crippen molar-refractivity contribution in [2.75, 3.05) is 0 Å². The van der Waals surface area contributed by atoms with Crippen LogP contribution in [0.1, 0.15) is 15.9 Å². The molecule has 1 aromatic carbocycles. The first-order chi connectivity index (χ1) is 10.8. The number of alkyl halides is 3. The van der Waals surface area contributed by atoms with E-state index in [9.17, 15) is 22.8 Å². The van der Waals surface area contributed by atoms with Gasteiger partial charge in [0.25, 0.3) is 5.91 Å². The predicted octanol–water partition coefficient (Wildman–Crippen LogP) is 1.81. The minimum Gasteiger partial charge on any atom is -0.365 e. The van der Waals surface area contributed by atoms with E-state index in [2.05, 4.69) is 10.1 Å². The summed E-state index contributed by atoms with van der Waals surface area (Å²) in [5.74, 6) is -0.932. The topological polar surface area (TPSA) is 93.3 Å². The summed E-state index contributed by atoms with van der Waals surface area (Å²) in [6.07, 6.45) is -3.21. The summed E-state index contributed by atoms with van der Waals surface area (Å²) in [7, 11) is 0. The second kappa shape index (κ2) is 4.97. The normalized spacial score (nSPS) is 11.8. The molecule has 0 aliphatic carbocycles. The number of aromatic amines is 1. The van der Waals surface area contributed by atoms with Crippen LogP contribution < -0.4 is 11.2 Å². The Morgan fingerprint density at radius 1 is 1.22 bits per heavy atom. The number of hydrogen-bond donors (Lipinski definition) is 2. The summed E-state index contributed by atoms with van der Waals surface area (Å²) in [5.41, 5.74) is 4.05. The maximum atomic E-state index is 12.6. The van der Waals surface area contributed by atoms with Gasteiger partial charge in [0, 0.05) is 11.6 Å². The molecule has 0 spiro atoms. The van der Waals surface area contributed by atoms with Gasteiger partial charge in [0.15, 0.2) is 11.1 Å². The average molecular weight is 322 g/mol. The van der Waals surface area contributed by atoms with Crippen molar-refractivity contribution < 1.29 is 18.0 Å². The van der Waals surface area contributed by atoms with E-state index in [0.29, 0.717) is 5.56 Å². The lowest BCUT2D eigenvalue weighted by Crippen LogP contribution is -2.23. The first-order valence-corrected chi connectivity index (χ1v) is 6.35. The number of nitrogens with one attached hydrogen (secondary N) is 1. The molecule has 0 bridgehead atoms. The zero-order valence-electron chi connectivity index (χ0n) is 11.4. The van der Waals surface area contributed by atoms with Crippen LogP contribution in [0.3, 0.4) is 0 Å². The minimum atomic E-state index is -4.45. The third-order valence-corrected chi connectivity index (χ3v) is 3.32. The number of pyridine rings is 1. The molecule has 0 radical (unpaired) electrons. The smallest absolute Gasteiger partial charge is 0.365 e. The van der Waals surface area contributed by atoms with Crippen LogP contribution in [0.15, 0.2) is 41.5 Å². The Morgan fingerprint density at radius 2 is 1.87 bits per heavy atom. The van der Waals surface area contributed by atoms with E-state index >= 15 is 0 Å². The van der Waals surface area contributed by atoms with Crippen molar-refractivity contribution in [3.05, 3.63) is 58.0 Å². The van der Waals surface area contributed by atoms with Crippen LogP contribution in [0, 0.1) is 0 Å². The number of carbonyl (C=O) groups excluding carboxylic acids is 1. The monoisotopic (exact) mass is 322 g/mol. The van der Waals surface area contributed by atoms with Crippen molar-refractivity contribution in [1.82, 2.24) is 14.6 Å². The second-order valence-electron chi connectivity index (χ2n) is 4.75. The molecule has 3 N–H and O–H groups in total. The highest BCUT2D eigenvalue weighted by molar-refractivity contribution is 5.99. The summed E-state index contributed by atoms with van der Waals surface area (Å²) in [6, 6.07) is 5.40. The number of rotatable bonds is 2. The summed E-state index contributed by atoms with van der Waals surface area (Å²) in [5, 5.41) is 2.69. The van der Waals surface area contributed by atoms with Crippen LogP contribution in [0.5, 0.6) is 0 Å². The number of H-pyrrole nitrogens is 1. The highest BCUT2D eigenvalue weighted by Crippen LogP contribution is 2.30. The third-order valence-electron chi connectivity index (χ3n) is 3.32. The van der Waals surface area contributed by atoms with Crippen LogP contribution >= 0.6 is 0 Å². The van der Waals surface area contributed by atoms with Gasteiger partial charge in [-0.3, -0.25) is 14.7 Å². The van der Waals surface area contributed by atoms with E-state index in [1.165, 1.54) is 23.0 Å². The van der Waals surface area contributed by atoms with Gasteiger partial charge in [0.1, 0.15) is 11.9 Å². The molecule has 0 unspecified atom stereocenters. The zero-order chi connectivity index (χ0) is 16.8. The van der Waals surface area contributed by atoms with Gasteiger partial charge < -0.3 is 5.73 Å². The van der Waals surface area contributed by atoms with Gasteiger partial charge in [-0.05, 0) is 12.1 Å². The molecule has 9 heteroatoms. The lowest BCUT2D eigenvalue weighted by molar-refractivity contribution is -0.137. The zero-order valence-corrected chi connectivity index (χ0v) is 11.4. The fourth-order valence-electron chi connectivity index (χ4n) is 2.27. The summed E-state index contributed by atoms with van der Waals surface area (Å²) in [4.78, 5) is 27.3. The minimum absolute atomic E-state index is 0.0138. The average Bonchev–Trinajstić information content (AvgIpc) is 2.94. The van der Waals surface area contributed by atoms with Crippen molar-refractivity contribution in [3.63, 3.8) is 0 Å². The van der Waals surface area contributed by atoms with Gasteiger partial charge in [-0.15, -0.1) is 0 Å². The van der Waals surface area contributed by atoms with E-state index in [-0.39, 0.29) is 16.9 Å². The summed E-state index contributed by atoms with van der Waals surface area (Å²) >= 11 is 0. The maximum Gasteiger partial charge on any atom is 0.416 e. The molecule has 2 heterocycles. The summed E-state index contributed by atoms with van der Waals surface area (Å²) < 4.78 is 39.1. The molecule has 2 aromatic heterocycles. The van der Waals surface area contributed by atoms with E-state index in [1.807, 2.05) is 0 Å². The van der Waals surface area contributed by atoms with Crippen molar-refractivity contribution in [2.45, 2.75) is 6.18 Å². The molecular formula is C14H9F3N4O2. The molecule has 3 aromatic rings. The van der Waals surface area contributed by atoms with E-state index < -0.39 is 23.1 Å². The van der Waals surface area contributed by atoms with Gasteiger partial charge in [-0.2, -0.15) is 13.2 Å². The Bertz CT molecular complexity index is 955. The number of nitrogens with two attached hydrogens (primary N) is 1. The third kappa shape index (κ3) is 2.45. The van der Waals surface area contributed by atoms with Gasteiger partial charge in [0.2, 0.25) is 0 Å². The molecule has 118 valence electrons. The number of hydrogen-bond acceptors (Lipinski definition) is 3. The Balaban J connectivity index is 2.22. The number of benzene rings is 1. The van der Waals surface area contributed by atoms with E-state index in [0.717, 1.165) is 18.2 Å². The highest BCUT2D eigenvalue weighted by Gasteiger charge is 2.30. The molecule has 3 rings (SSSR count). The van der Waals surface area contributed by atoms with Crippen LogP contribution in [-0.4, -0.2) is 20.5 Å². The molecule has 0 saturated carbocycles. The quantitative estimate of drug-likeness (QED) is 0.753. The summed E-state index contributed by atoms with van der Waals surface area (Å²) in [6.45, 7) is 0. The number of aromatic nitrogens is 3. The Morgan fingerprint density at radius 3 is 2.43 bits per heavy atom. The maximum absolute atomic E-state index is 12.6. The first kappa shape index (κ1) is 14.8. The molecule has 6 nitrogen and oxygen atoms in total. The molecule has 0 atom stereocenters. The second-order valence-corrected chi connectivity index (χ2v) is 4.75. The SMILES string of the molecule is NC(=O)c1c(=O)cc(-c2ccc(C(F)(F)F)cc2)n2[nH]cnc12. The van der Waals surface area contributed by atoms with Crippen molar-refractivity contribution in [3.8, 4) is 11.3 Å². The molecule has 23 heavy (non-hydrogen) atoms. The first-order valence-electron chi connectivity index (χ1n) is 6.35. The Labute approximate surface area is 126 Å². The van der Waals surface area contributed by atoms with Crippen LogP contribution in [0.2, 0.25) is 0 Å². The fraction of sp³-hybridized carbons (Fsp3) is 0.0714. The molecule has 0 fully saturated rings. The molecule has 1 amide bonds. The van der Waals surface area contributed by atoms with E-state index in [4.69, 9.17) is 5.73 Å². The number of halogens is 3. The predicted molar refractivity (Wildman–Crippen MR) is 74.8 cm³/mol. The van der Waals surface area contributed by atoms with Gasteiger partial charge >= 0.3 is 6.18 Å². The largest absolute Gasteiger partial charge is 0.416 e.